The van der Waals surface area contributed by atoms with Crippen LogP contribution in [-0.2, 0) is 6.54 Å². The van der Waals surface area contributed by atoms with Crippen molar-refractivity contribution in [3.8, 4) is 0 Å². The molecule has 0 spiro atoms. The van der Waals surface area contributed by atoms with E-state index in [1.807, 2.05) is 49.3 Å². The topological polar surface area (TPSA) is 74.6 Å². The number of nitrogens with one attached hydrogen (secondary N) is 2. The molecule has 2 amide bonds. The van der Waals surface area contributed by atoms with Crippen LogP contribution in [0.5, 0.6) is 0 Å². The van der Waals surface area contributed by atoms with Crippen molar-refractivity contribution < 1.29 is 4.79 Å². The summed E-state index contributed by atoms with van der Waals surface area (Å²) in [6.45, 7) is 0.442. The summed E-state index contributed by atoms with van der Waals surface area (Å²) in [6, 6.07) is 11.3. The number of carbonyl (C=O) groups is 1. The molecular weight excluding hydrogens is 292 g/mol. The number of nitrogens with zero attached hydrogens (tertiary/aromatic N) is 4. The first-order valence-corrected chi connectivity index (χ1v) is 7.23. The normalized spacial score (nSPS) is 10.5. The minimum absolute atomic E-state index is 0.298. The minimum atomic E-state index is -0.298. The fraction of sp³-hybridized carbons (Fsp3) is 0.188. The van der Waals surface area contributed by atoms with Crippen LogP contribution in [0.15, 0.2) is 48.8 Å². The molecule has 0 aliphatic heterocycles. The van der Waals surface area contributed by atoms with E-state index in [1.54, 1.807) is 23.0 Å². The zero-order valence-electron chi connectivity index (χ0n) is 13.0. The summed E-state index contributed by atoms with van der Waals surface area (Å²) < 4.78 is 1.58. The van der Waals surface area contributed by atoms with Crippen LogP contribution in [0.4, 0.5) is 16.3 Å². The molecule has 0 unspecified atom stereocenters. The van der Waals surface area contributed by atoms with Crippen molar-refractivity contribution in [2.45, 2.75) is 6.54 Å². The second-order valence-corrected chi connectivity index (χ2v) is 5.31. The van der Waals surface area contributed by atoms with Crippen molar-refractivity contribution in [2.75, 3.05) is 24.3 Å². The molecule has 0 radical (unpaired) electrons. The molecule has 1 aromatic carbocycles. The van der Waals surface area contributed by atoms with Crippen molar-refractivity contribution in [3.05, 3.63) is 54.4 Å². The van der Waals surface area contributed by atoms with E-state index < -0.39 is 0 Å². The van der Waals surface area contributed by atoms with Crippen LogP contribution in [0.25, 0.3) is 5.65 Å². The lowest BCUT2D eigenvalue weighted by Crippen LogP contribution is -2.28. The molecule has 0 bridgehead atoms. The van der Waals surface area contributed by atoms with E-state index in [0.717, 1.165) is 11.3 Å². The molecule has 2 heterocycles. The third kappa shape index (κ3) is 3.39. The van der Waals surface area contributed by atoms with E-state index >= 15 is 0 Å². The Kier molecular flexibility index (Phi) is 4.09. The van der Waals surface area contributed by atoms with Crippen molar-refractivity contribution in [3.63, 3.8) is 0 Å². The van der Waals surface area contributed by atoms with Gasteiger partial charge >= 0.3 is 6.03 Å². The van der Waals surface area contributed by atoms with Gasteiger partial charge in [-0.15, -0.1) is 0 Å². The summed E-state index contributed by atoms with van der Waals surface area (Å²) in [6.07, 6.45) is 3.22. The van der Waals surface area contributed by atoms with Gasteiger partial charge in [-0.05, 0) is 29.8 Å². The summed E-state index contributed by atoms with van der Waals surface area (Å²) in [7, 11) is 3.97. The van der Waals surface area contributed by atoms with Gasteiger partial charge in [0.1, 0.15) is 0 Å². The molecule has 0 aliphatic carbocycles. The zero-order valence-corrected chi connectivity index (χ0v) is 13.0. The summed E-state index contributed by atoms with van der Waals surface area (Å²) >= 11 is 0. The van der Waals surface area contributed by atoms with Crippen LogP contribution >= 0.6 is 0 Å². The SMILES string of the molecule is CN(C)c1cccc(CNC(=O)Nc2cnc3cccnn23)c1. The maximum absolute atomic E-state index is 12.0. The van der Waals surface area contributed by atoms with Crippen LogP contribution in [0.3, 0.4) is 0 Å². The van der Waals surface area contributed by atoms with Crippen LogP contribution < -0.4 is 15.5 Å². The van der Waals surface area contributed by atoms with Crippen molar-refractivity contribution in [2.24, 2.45) is 0 Å². The van der Waals surface area contributed by atoms with Gasteiger partial charge in [0.05, 0.1) is 6.20 Å². The van der Waals surface area contributed by atoms with Crippen LogP contribution in [0.2, 0.25) is 0 Å². The summed E-state index contributed by atoms with van der Waals surface area (Å²) in [4.78, 5) is 18.2. The van der Waals surface area contributed by atoms with Gasteiger partial charge in [0.15, 0.2) is 11.5 Å². The van der Waals surface area contributed by atoms with Gasteiger partial charge in [0.25, 0.3) is 0 Å². The van der Waals surface area contributed by atoms with Gasteiger partial charge < -0.3 is 10.2 Å². The average Bonchev–Trinajstić information content (AvgIpc) is 2.96. The highest BCUT2D eigenvalue weighted by Crippen LogP contribution is 2.13. The third-order valence-corrected chi connectivity index (χ3v) is 3.40. The number of amides is 2. The number of imidazole rings is 1. The van der Waals surface area contributed by atoms with Crippen molar-refractivity contribution >= 4 is 23.2 Å². The first-order valence-electron chi connectivity index (χ1n) is 7.23. The van der Waals surface area contributed by atoms with Gasteiger partial charge in [-0.2, -0.15) is 9.61 Å². The Balaban J connectivity index is 1.63. The van der Waals surface area contributed by atoms with Gasteiger partial charge in [0.2, 0.25) is 0 Å². The van der Waals surface area contributed by atoms with Gasteiger partial charge in [0, 0.05) is 32.5 Å². The molecule has 118 valence electrons. The monoisotopic (exact) mass is 310 g/mol. The molecule has 3 rings (SSSR count). The Morgan fingerprint density at radius 3 is 2.96 bits per heavy atom. The average molecular weight is 310 g/mol. The fourth-order valence-electron chi connectivity index (χ4n) is 2.20. The molecule has 7 nitrogen and oxygen atoms in total. The van der Waals surface area contributed by atoms with Crippen molar-refractivity contribution in [1.82, 2.24) is 19.9 Å². The summed E-state index contributed by atoms with van der Waals surface area (Å²) in [5, 5.41) is 9.73. The van der Waals surface area contributed by atoms with Crippen LogP contribution in [0, 0.1) is 0 Å². The van der Waals surface area contributed by atoms with Crippen LogP contribution in [0.1, 0.15) is 5.56 Å². The van der Waals surface area contributed by atoms with Gasteiger partial charge in [-0.25, -0.2) is 9.78 Å². The van der Waals surface area contributed by atoms with Crippen molar-refractivity contribution in [1.29, 1.82) is 0 Å². The molecule has 0 saturated heterocycles. The maximum atomic E-state index is 12.0. The first kappa shape index (κ1) is 14.8. The van der Waals surface area contributed by atoms with Crippen LogP contribution in [-0.4, -0.2) is 34.7 Å². The van der Waals surface area contributed by atoms with Gasteiger partial charge in [-0.3, -0.25) is 5.32 Å². The second-order valence-electron chi connectivity index (χ2n) is 5.31. The number of carbonyl (C=O) groups excluding carboxylic acids is 1. The second kappa shape index (κ2) is 6.35. The lowest BCUT2D eigenvalue weighted by molar-refractivity contribution is 0.251. The molecule has 3 aromatic rings. The maximum Gasteiger partial charge on any atom is 0.320 e. The predicted molar refractivity (Wildman–Crippen MR) is 89.6 cm³/mol. The van der Waals surface area contributed by atoms with E-state index in [4.69, 9.17) is 0 Å². The minimum Gasteiger partial charge on any atom is -0.378 e. The number of rotatable bonds is 4. The lowest BCUT2D eigenvalue weighted by atomic mass is 10.2. The Morgan fingerprint density at radius 1 is 1.26 bits per heavy atom. The zero-order chi connectivity index (χ0) is 16.2. The van der Waals surface area contributed by atoms with E-state index in [-0.39, 0.29) is 6.03 Å². The lowest BCUT2D eigenvalue weighted by Gasteiger charge is -2.14. The molecule has 2 aromatic heterocycles. The molecule has 0 aliphatic rings. The number of aromatic nitrogens is 3. The largest absolute Gasteiger partial charge is 0.378 e. The number of anilines is 2. The smallest absolute Gasteiger partial charge is 0.320 e. The molecular formula is C16H18N6O. The molecule has 2 N–H and O–H groups in total. The summed E-state index contributed by atoms with van der Waals surface area (Å²) in [5.74, 6) is 0.528. The van der Waals surface area contributed by atoms with E-state index in [1.165, 1.54) is 0 Å². The fourth-order valence-corrected chi connectivity index (χ4v) is 2.20. The quantitative estimate of drug-likeness (QED) is 0.774. The third-order valence-electron chi connectivity index (χ3n) is 3.40. The van der Waals surface area contributed by atoms with E-state index in [9.17, 15) is 4.79 Å². The van der Waals surface area contributed by atoms with E-state index in [0.29, 0.717) is 18.0 Å². The standard InChI is InChI=1S/C16H18N6O/c1-21(2)13-6-3-5-12(9-13)10-18-16(23)20-15-11-17-14-7-4-8-19-22(14)15/h3-9,11H,10H2,1-2H3,(H2,18,20,23). The highest BCUT2D eigenvalue weighted by atomic mass is 16.2. The highest BCUT2D eigenvalue weighted by molar-refractivity contribution is 5.88. The number of hydrogen-bond acceptors (Lipinski definition) is 4. The molecule has 0 fully saturated rings. The Labute approximate surface area is 133 Å². The number of hydrogen-bond donors (Lipinski definition) is 2. The molecule has 0 atom stereocenters. The number of fused-ring (bicyclic) bond motifs is 1. The van der Waals surface area contributed by atoms with E-state index in [2.05, 4.69) is 20.7 Å². The Morgan fingerprint density at radius 2 is 2.13 bits per heavy atom. The number of benzene rings is 1. The molecule has 0 saturated carbocycles. The predicted octanol–water partition coefficient (Wildman–Crippen LogP) is 2.12. The molecule has 23 heavy (non-hydrogen) atoms. The summed E-state index contributed by atoms with van der Waals surface area (Å²) in [5.41, 5.74) is 2.81. The molecule has 7 heteroatoms. The highest BCUT2D eigenvalue weighted by Gasteiger charge is 2.07. The Bertz CT molecular complexity index is 826. The van der Waals surface area contributed by atoms with Gasteiger partial charge in [-0.1, -0.05) is 12.1 Å². The first-order chi connectivity index (χ1) is 11.1. The Hall–Kier alpha value is -3.09. The number of urea groups is 1.